The van der Waals surface area contributed by atoms with Gasteiger partial charge in [0.15, 0.2) is 0 Å². The summed E-state index contributed by atoms with van der Waals surface area (Å²) in [5.41, 5.74) is 7.59. The van der Waals surface area contributed by atoms with Crippen LogP contribution in [0, 0.1) is 0 Å². The maximum atomic E-state index is 5.61. The molecule has 0 aromatic heterocycles. The molecule has 2 nitrogen and oxygen atoms in total. The van der Waals surface area contributed by atoms with Gasteiger partial charge in [-0.25, -0.2) is 0 Å². The predicted octanol–water partition coefficient (Wildman–Crippen LogP) is 2.63. The van der Waals surface area contributed by atoms with Crippen molar-refractivity contribution in [3.05, 3.63) is 36.5 Å². The summed E-state index contributed by atoms with van der Waals surface area (Å²) in [5, 5.41) is 0. The summed E-state index contributed by atoms with van der Waals surface area (Å²) in [4.78, 5) is 2.17. The third kappa shape index (κ3) is 2.51. The number of nitrogens with two attached hydrogens (primary N) is 1. The smallest absolute Gasteiger partial charge is 0.0407 e. The highest BCUT2D eigenvalue weighted by Gasteiger charge is 1.97. The van der Waals surface area contributed by atoms with E-state index in [0.29, 0.717) is 0 Å². The molecule has 0 amide bonds. The van der Waals surface area contributed by atoms with Crippen molar-refractivity contribution in [2.24, 2.45) is 0 Å². The Hall–Kier alpha value is -1.44. The van der Waals surface area contributed by atoms with Gasteiger partial charge in [0, 0.05) is 17.9 Å². The van der Waals surface area contributed by atoms with Crippen molar-refractivity contribution < 1.29 is 0 Å². The number of nitrogen functional groups attached to an aromatic ring is 1. The Morgan fingerprint density at radius 1 is 1.31 bits per heavy atom. The van der Waals surface area contributed by atoms with Crippen LogP contribution in [0.25, 0.3) is 0 Å². The largest absolute Gasteiger partial charge is 0.399 e. The van der Waals surface area contributed by atoms with Gasteiger partial charge in [-0.2, -0.15) is 0 Å². The highest BCUT2D eigenvalue weighted by atomic mass is 15.1. The van der Waals surface area contributed by atoms with Crippen LogP contribution in [0.1, 0.15) is 13.8 Å². The molecule has 1 aromatic rings. The molecule has 13 heavy (non-hydrogen) atoms. The molecule has 0 bridgehead atoms. The van der Waals surface area contributed by atoms with Crippen LogP contribution in [0.5, 0.6) is 0 Å². The number of nitrogens with zero attached hydrogens (tertiary/aromatic N) is 1. The molecule has 0 spiro atoms. The van der Waals surface area contributed by atoms with Crippen LogP contribution < -0.4 is 10.6 Å². The quantitative estimate of drug-likeness (QED) is 0.717. The first-order valence-corrected chi connectivity index (χ1v) is 4.53. The van der Waals surface area contributed by atoms with Gasteiger partial charge in [0.1, 0.15) is 0 Å². The summed E-state index contributed by atoms with van der Waals surface area (Å²) in [5.74, 6) is 0. The van der Waals surface area contributed by atoms with Crippen molar-refractivity contribution in [3.63, 3.8) is 0 Å². The van der Waals surface area contributed by atoms with Crippen LogP contribution in [-0.4, -0.2) is 6.54 Å². The summed E-state index contributed by atoms with van der Waals surface area (Å²) in [6.07, 6.45) is 4.09. The fraction of sp³-hybridized carbons (Fsp3) is 0.273. The SMILES string of the molecule is C/C=C/N(CC)c1ccc(N)cc1. The van der Waals surface area contributed by atoms with Crippen LogP contribution in [0.15, 0.2) is 36.5 Å². The number of hydrogen-bond acceptors (Lipinski definition) is 2. The lowest BCUT2D eigenvalue weighted by molar-refractivity contribution is 1.01. The molecular formula is C11H16N2. The van der Waals surface area contributed by atoms with E-state index in [0.717, 1.165) is 12.2 Å². The van der Waals surface area contributed by atoms with Gasteiger partial charge in [-0.1, -0.05) is 6.08 Å². The van der Waals surface area contributed by atoms with Gasteiger partial charge in [-0.05, 0) is 44.3 Å². The van der Waals surface area contributed by atoms with Crippen molar-refractivity contribution >= 4 is 11.4 Å². The minimum Gasteiger partial charge on any atom is -0.399 e. The molecule has 0 fully saturated rings. The maximum Gasteiger partial charge on any atom is 0.0407 e. The normalized spacial score (nSPS) is 10.6. The first-order valence-electron chi connectivity index (χ1n) is 4.53. The van der Waals surface area contributed by atoms with E-state index in [-0.39, 0.29) is 0 Å². The van der Waals surface area contributed by atoms with Crippen molar-refractivity contribution in [3.8, 4) is 0 Å². The zero-order valence-electron chi connectivity index (χ0n) is 8.20. The number of benzene rings is 1. The molecule has 0 heterocycles. The molecule has 0 saturated carbocycles. The van der Waals surface area contributed by atoms with E-state index in [1.807, 2.05) is 37.3 Å². The third-order valence-corrected chi connectivity index (χ3v) is 1.89. The summed E-state index contributed by atoms with van der Waals surface area (Å²) in [7, 11) is 0. The number of anilines is 2. The summed E-state index contributed by atoms with van der Waals surface area (Å²) in [6.45, 7) is 5.10. The van der Waals surface area contributed by atoms with Crippen LogP contribution in [0.2, 0.25) is 0 Å². The Morgan fingerprint density at radius 2 is 1.92 bits per heavy atom. The Labute approximate surface area is 79.7 Å². The number of allylic oxidation sites excluding steroid dienone is 1. The molecule has 2 heteroatoms. The Kier molecular flexibility index (Phi) is 3.38. The fourth-order valence-electron chi connectivity index (χ4n) is 1.22. The molecular weight excluding hydrogens is 160 g/mol. The molecule has 0 radical (unpaired) electrons. The minimum atomic E-state index is 0.806. The molecule has 0 aliphatic rings. The molecule has 0 atom stereocenters. The lowest BCUT2D eigenvalue weighted by atomic mass is 10.2. The molecule has 0 saturated heterocycles. The predicted molar refractivity (Wildman–Crippen MR) is 58.7 cm³/mol. The summed E-state index contributed by atoms with van der Waals surface area (Å²) >= 11 is 0. The molecule has 1 rings (SSSR count). The lowest BCUT2D eigenvalue weighted by Crippen LogP contribution is -2.14. The Balaban J connectivity index is 2.85. The van der Waals surface area contributed by atoms with Crippen LogP contribution in [0.3, 0.4) is 0 Å². The van der Waals surface area contributed by atoms with Gasteiger partial charge < -0.3 is 10.6 Å². The van der Waals surface area contributed by atoms with E-state index < -0.39 is 0 Å². The highest BCUT2D eigenvalue weighted by molar-refractivity contribution is 5.54. The molecule has 0 aliphatic carbocycles. The van der Waals surface area contributed by atoms with Gasteiger partial charge in [0.05, 0.1) is 0 Å². The monoisotopic (exact) mass is 176 g/mol. The zero-order valence-corrected chi connectivity index (χ0v) is 8.20. The Bertz CT molecular complexity index is 275. The average molecular weight is 176 g/mol. The zero-order chi connectivity index (χ0) is 9.68. The van der Waals surface area contributed by atoms with Gasteiger partial charge in [-0.15, -0.1) is 0 Å². The van der Waals surface area contributed by atoms with E-state index in [9.17, 15) is 0 Å². The summed E-state index contributed by atoms with van der Waals surface area (Å²) in [6, 6.07) is 7.89. The second-order valence-corrected chi connectivity index (χ2v) is 2.86. The van der Waals surface area contributed by atoms with Crippen molar-refractivity contribution in [1.82, 2.24) is 0 Å². The topological polar surface area (TPSA) is 29.3 Å². The summed E-state index contributed by atoms with van der Waals surface area (Å²) < 4.78 is 0. The first-order chi connectivity index (χ1) is 6.27. The second-order valence-electron chi connectivity index (χ2n) is 2.86. The molecule has 0 unspecified atom stereocenters. The van der Waals surface area contributed by atoms with Gasteiger partial charge in [-0.3, -0.25) is 0 Å². The van der Waals surface area contributed by atoms with E-state index in [4.69, 9.17) is 5.73 Å². The van der Waals surface area contributed by atoms with E-state index in [2.05, 4.69) is 18.0 Å². The van der Waals surface area contributed by atoms with Crippen molar-refractivity contribution in [2.45, 2.75) is 13.8 Å². The van der Waals surface area contributed by atoms with Gasteiger partial charge in [0.2, 0.25) is 0 Å². The number of hydrogen-bond donors (Lipinski definition) is 1. The van der Waals surface area contributed by atoms with E-state index in [1.165, 1.54) is 5.69 Å². The van der Waals surface area contributed by atoms with Gasteiger partial charge in [0.25, 0.3) is 0 Å². The van der Waals surface area contributed by atoms with Crippen LogP contribution in [-0.2, 0) is 0 Å². The lowest BCUT2D eigenvalue weighted by Gasteiger charge is -2.17. The highest BCUT2D eigenvalue weighted by Crippen LogP contribution is 2.16. The van der Waals surface area contributed by atoms with Crippen LogP contribution in [0.4, 0.5) is 11.4 Å². The number of rotatable bonds is 3. The van der Waals surface area contributed by atoms with Crippen molar-refractivity contribution in [2.75, 3.05) is 17.2 Å². The average Bonchev–Trinajstić information content (AvgIpc) is 2.16. The standard InChI is InChI=1S/C11H16N2/c1-3-9-13(4-2)11-7-5-10(12)6-8-11/h3,5-9H,4,12H2,1-2H3/b9-3+. The fourth-order valence-corrected chi connectivity index (χ4v) is 1.22. The molecule has 2 N–H and O–H groups in total. The van der Waals surface area contributed by atoms with E-state index >= 15 is 0 Å². The van der Waals surface area contributed by atoms with E-state index in [1.54, 1.807) is 0 Å². The Morgan fingerprint density at radius 3 is 2.38 bits per heavy atom. The molecule has 0 aliphatic heterocycles. The van der Waals surface area contributed by atoms with Gasteiger partial charge >= 0.3 is 0 Å². The third-order valence-electron chi connectivity index (χ3n) is 1.89. The van der Waals surface area contributed by atoms with Crippen LogP contribution >= 0.6 is 0 Å². The molecule has 1 aromatic carbocycles. The maximum absolute atomic E-state index is 5.61. The van der Waals surface area contributed by atoms with Crippen molar-refractivity contribution in [1.29, 1.82) is 0 Å². The molecule has 70 valence electrons. The first kappa shape index (κ1) is 9.65. The minimum absolute atomic E-state index is 0.806. The second kappa shape index (κ2) is 4.55.